The van der Waals surface area contributed by atoms with E-state index in [0.29, 0.717) is 6.42 Å². The van der Waals surface area contributed by atoms with Crippen molar-refractivity contribution >= 4 is 0 Å². The Morgan fingerprint density at radius 3 is 2.32 bits per heavy atom. The fourth-order valence-electron chi connectivity index (χ4n) is 3.79. The highest BCUT2D eigenvalue weighted by molar-refractivity contribution is 5.23. The van der Waals surface area contributed by atoms with Gasteiger partial charge in [0.25, 0.3) is 0 Å². The maximum absolute atomic E-state index is 14.6. The molecule has 22 heavy (non-hydrogen) atoms. The van der Waals surface area contributed by atoms with Crippen LogP contribution in [0.3, 0.4) is 0 Å². The van der Waals surface area contributed by atoms with Gasteiger partial charge in [-0.3, -0.25) is 0 Å². The highest BCUT2D eigenvalue weighted by Crippen LogP contribution is 2.35. The van der Waals surface area contributed by atoms with Crippen molar-refractivity contribution in [2.24, 2.45) is 11.8 Å². The van der Waals surface area contributed by atoms with E-state index < -0.39 is 6.17 Å². The van der Waals surface area contributed by atoms with Crippen LogP contribution in [-0.4, -0.2) is 6.17 Å². The zero-order chi connectivity index (χ0) is 15.8. The van der Waals surface area contributed by atoms with Crippen molar-refractivity contribution in [3.05, 3.63) is 42.3 Å². The van der Waals surface area contributed by atoms with Gasteiger partial charge in [0.05, 0.1) is 0 Å². The monoisotopic (exact) mass is 303 g/mol. The normalized spacial score (nSPS) is 23.4. The average Bonchev–Trinajstić information content (AvgIpc) is 2.55. The molecule has 1 aliphatic carbocycles. The molecule has 0 bridgehead atoms. The third-order valence-electron chi connectivity index (χ3n) is 5.26. The smallest absolute Gasteiger partial charge is 0.107 e. The molecule has 0 heterocycles. The zero-order valence-corrected chi connectivity index (χ0v) is 14.2. The lowest BCUT2D eigenvalue weighted by Gasteiger charge is -2.30. The van der Waals surface area contributed by atoms with Crippen LogP contribution in [0.2, 0.25) is 0 Å². The Balaban J connectivity index is 1.76. The lowest BCUT2D eigenvalue weighted by atomic mass is 9.77. The van der Waals surface area contributed by atoms with Crippen LogP contribution in [0.15, 0.2) is 24.3 Å². The zero-order valence-electron chi connectivity index (χ0n) is 14.2. The number of hydrogen-bond donors (Lipinski definition) is 0. The van der Waals surface area contributed by atoms with Gasteiger partial charge in [-0.2, -0.15) is 0 Å². The van der Waals surface area contributed by atoms with Crippen LogP contribution in [-0.2, 0) is 12.8 Å². The Morgan fingerprint density at radius 1 is 1.09 bits per heavy atom. The number of hydrogen-bond acceptors (Lipinski definition) is 0. The maximum atomic E-state index is 14.6. The van der Waals surface area contributed by atoms with Crippen LogP contribution in [0.25, 0.3) is 0 Å². The molecule has 123 valence electrons. The van der Waals surface area contributed by atoms with Crippen LogP contribution in [0.4, 0.5) is 4.39 Å². The first-order valence-electron chi connectivity index (χ1n) is 9.24. The van der Waals surface area contributed by atoms with E-state index in [2.05, 4.69) is 38.1 Å². The first kappa shape index (κ1) is 17.5. The molecule has 0 aliphatic heterocycles. The van der Waals surface area contributed by atoms with E-state index >= 15 is 0 Å². The predicted octanol–water partition coefficient (Wildman–Crippen LogP) is 6.33. The SMILES string of the molecule is [CH2]CCC[C@H]1CC[C@H](C(F)Cc2ccc(CCC)cc2)CC1. The van der Waals surface area contributed by atoms with Gasteiger partial charge in [-0.25, -0.2) is 4.39 Å². The molecular weight excluding hydrogens is 271 g/mol. The minimum absolute atomic E-state index is 0.284. The van der Waals surface area contributed by atoms with Crippen LogP contribution >= 0.6 is 0 Å². The number of unbranched alkanes of at least 4 members (excludes halogenated alkanes) is 1. The third kappa shape index (κ3) is 5.41. The molecule has 0 N–H and O–H groups in total. The molecule has 1 heteroatoms. The fraction of sp³-hybridized carbons (Fsp3) is 0.667. The first-order chi connectivity index (χ1) is 10.7. The summed E-state index contributed by atoms with van der Waals surface area (Å²) in [5, 5.41) is 0. The van der Waals surface area contributed by atoms with Gasteiger partial charge >= 0.3 is 0 Å². The quantitative estimate of drug-likeness (QED) is 0.526. The molecule has 1 unspecified atom stereocenters. The minimum atomic E-state index is -0.661. The van der Waals surface area contributed by atoms with Gasteiger partial charge in [-0.05, 0) is 42.2 Å². The first-order valence-corrected chi connectivity index (χ1v) is 9.24. The fourth-order valence-corrected chi connectivity index (χ4v) is 3.79. The number of rotatable bonds is 8. The van der Waals surface area contributed by atoms with E-state index in [0.717, 1.165) is 37.2 Å². The summed E-state index contributed by atoms with van der Waals surface area (Å²) in [5.74, 6) is 1.12. The molecule has 1 saturated carbocycles. The summed E-state index contributed by atoms with van der Waals surface area (Å²) < 4.78 is 14.6. The van der Waals surface area contributed by atoms with Gasteiger partial charge in [0, 0.05) is 6.42 Å². The Hall–Kier alpha value is -0.850. The average molecular weight is 303 g/mol. The van der Waals surface area contributed by atoms with Crippen molar-refractivity contribution in [2.45, 2.75) is 77.3 Å². The standard InChI is InChI=1S/C21H32F/c1-3-5-7-18-12-14-20(15-13-18)21(22)16-19-10-8-17(6-4-2)9-11-19/h8-11,18,20-21H,1,3-7,12-16H2,2H3/t18-,20-,21?. The molecule has 0 amide bonds. The molecule has 1 fully saturated rings. The van der Waals surface area contributed by atoms with E-state index in [1.54, 1.807) is 0 Å². The van der Waals surface area contributed by atoms with Crippen LogP contribution in [0.1, 0.15) is 69.4 Å². The van der Waals surface area contributed by atoms with Gasteiger partial charge in [0.1, 0.15) is 6.17 Å². The Morgan fingerprint density at radius 2 is 1.73 bits per heavy atom. The summed E-state index contributed by atoms with van der Waals surface area (Å²) in [5.41, 5.74) is 2.53. The van der Waals surface area contributed by atoms with Crippen LogP contribution < -0.4 is 0 Å². The summed E-state index contributed by atoms with van der Waals surface area (Å²) in [6.45, 7) is 6.11. The molecular formula is C21H32F. The Kier molecular flexibility index (Phi) is 7.42. The second-order valence-corrected chi connectivity index (χ2v) is 7.06. The molecule has 1 aliphatic rings. The van der Waals surface area contributed by atoms with Gasteiger partial charge in [-0.15, -0.1) is 0 Å². The predicted molar refractivity (Wildman–Crippen MR) is 93.7 cm³/mol. The van der Waals surface area contributed by atoms with Gasteiger partial charge in [-0.1, -0.05) is 76.6 Å². The summed E-state index contributed by atoms with van der Waals surface area (Å²) in [4.78, 5) is 0. The van der Waals surface area contributed by atoms with E-state index in [9.17, 15) is 4.39 Å². The number of halogens is 1. The lowest BCUT2D eigenvalue weighted by molar-refractivity contribution is 0.151. The molecule has 1 radical (unpaired) electrons. The van der Waals surface area contributed by atoms with Crippen molar-refractivity contribution in [3.8, 4) is 0 Å². The van der Waals surface area contributed by atoms with Crippen LogP contribution in [0.5, 0.6) is 0 Å². The van der Waals surface area contributed by atoms with E-state index in [-0.39, 0.29) is 5.92 Å². The molecule has 0 spiro atoms. The Labute approximate surface area is 136 Å². The van der Waals surface area contributed by atoms with Crippen molar-refractivity contribution in [1.82, 2.24) is 0 Å². The van der Waals surface area contributed by atoms with Crippen molar-refractivity contribution < 1.29 is 4.39 Å². The summed E-state index contributed by atoms with van der Waals surface area (Å²) in [7, 11) is 0. The molecule has 1 aromatic rings. The molecule has 2 rings (SSSR count). The van der Waals surface area contributed by atoms with E-state index in [4.69, 9.17) is 0 Å². The van der Waals surface area contributed by atoms with Crippen molar-refractivity contribution in [1.29, 1.82) is 0 Å². The summed E-state index contributed by atoms with van der Waals surface area (Å²) >= 11 is 0. The second kappa shape index (κ2) is 9.33. The van der Waals surface area contributed by atoms with Crippen molar-refractivity contribution in [2.75, 3.05) is 0 Å². The summed E-state index contributed by atoms with van der Waals surface area (Å²) in [6, 6.07) is 8.58. The highest BCUT2D eigenvalue weighted by atomic mass is 19.1. The number of aryl methyl sites for hydroxylation is 1. The van der Waals surface area contributed by atoms with Gasteiger partial charge < -0.3 is 0 Å². The minimum Gasteiger partial charge on any atom is -0.247 e. The molecule has 0 aromatic heterocycles. The topological polar surface area (TPSA) is 0 Å². The van der Waals surface area contributed by atoms with E-state index in [1.165, 1.54) is 37.7 Å². The number of benzene rings is 1. The van der Waals surface area contributed by atoms with Crippen molar-refractivity contribution in [3.63, 3.8) is 0 Å². The second-order valence-electron chi connectivity index (χ2n) is 7.06. The van der Waals surface area contributed by atoms with Gasteiger partial charge in [0.15, 0.2) is 0 Å². The number of alkyl halides is 1. The maximum Gasteiger partial charge on any atom is 0.107 e. The summed E-state index contributed by atoms with van der Waals surface area (Å²) in [6.07, 6.45) is 10.4. The molecule has 1 atom stereocenters. The molecule has 0 nitrogen and oxygen atoms in total. The highest BCUT2D eigenvalue weighted by Gasteiger charge is 2.27. The largest absolute Gasteiger partial charge is 0.247 e. The third-order valence-corrected chi connectivity index (χ3v) is 5.26. The Bertz CT molecular complexity index is 400. The van der Waals surface area contributed by atoms with Gasteiger partial charge in [0.2, 0.25) is 0 Å². The molecule has 1 aromatic carbocycles. The van der Waals surface area contributed by atoms with Crippen LogP contribution in [0, 0.1) is 18.8 Å². The molecule has 0 saturated heterocycles. The lowest BCUT2D eigenvalue weighted by Crippen LogP contribution is -2.24. The van der Waals surface area contributed by atoms with E-state index in [1.807, 2.05) is 0 Å².